The first-order valence-corrected chi connectivity index (χ1v) is 9.04. The first-order chi connectivity index (χ1) is 12.1. The van der Waals surface area contributed by atoms with E-state index in [0.717, 1.165) is 17.0 Å². The van der Waals surface area contributed by atoms with Crippen LogP contribution in [-0.4, -0.2) is 26.4 Å². The molecule has 0 fully saturated rings. The van der Waals surface area contributed by atoms with Gasteiger partial charge in [-0.05, 0) is 29.7 Å². The Hall–Kier alpha value is -2.54. The molecule has 1 N–H and O–H groups in total. The summed E-state index contributed by atoms with van der Waals surface area (Å²) < 4.78 is 7.20. The van der Waals surface area contributed by atoms with Gasteiger partial charge in [0.15, 0.2) is 5.16 Å². The maximum Gasteiger partial charge on any atom is 0.234 e. The summed E-state index contributed by atoms with van der Waals surface area (Å²) in [6.45, 7) is 4.76. The molecule has 25 heavy (non-hydrogen) atoms. The van der Waals surface area contributed by atoms with Crippen LogP contribution in [-0.2, 0) is 11.3 Å². The molecule has 1 aromatic carbocycles. The molecule has 0 aliphatic carbocycles. The highest BCUT2D eigenvalue weighted by molar-refractivity contribution is 7.99. The van der Waals surface area contributed by atoms with Crippen molar-refractivity contribution in [3.63, 3.8) is 0 Å². The van der Waals surface area contributed by atoms with Gasteiger partial charge in [0.25, 0.3) is 0 Å². The lowest BCUT2D eigenvalue weighted by Crippen LogP contribution is -2.16. The number of nitrogens with zero attached hydrogens (tertiary/aromatic N) is 3. The Balaban J connectivity index is 1.59. The summed E-state index contributed by atoms with van der Waals surface area (Å²) in [6, 6.07) is 11.6. The predicted octanol–water partition coefficient (Wildman–Crippen LogP) is 3.77. The van der Waals surface area contributed by atoms with Crippen LogP contribution in [0, 0.1) is 0 Å². The van der Waals surface area contributed by atoms with Gasteiger partial charge in [0, 0.05) is 5.69 Å². The van der Waals surface area contributed by atoms with Crippen LogP contribution in [0.5, 0.6) is 0 Å². The third-order valence-corrected chi connectivity index (χ3v) is 4.66. The van der Waals surface area contributed by atoms with Crippen LogP contribution in [0.4, 0.5) is 5.69 Å². The molecule has 0 aliphatic heterocycles. The van der Waals surface area contributed by atoms with E-state index in [1.807, 2.05) is 41.0 Å². The summed E-state index contributed by atoms with van der Waals surface area (Å²) in [5.74, 6) is 1.37. The van der Waals surface area contributed by atoms with Gasteiger partial charge < -0.3 is 14.3 Å². The van der Waals surface area contributed by atoms with Gasteiger partial charge in [0.05, 0.1) is 18.6 Å². The highest BCUT2D eigenvalue weighted by Gasteiger charge is 2.12. The van der Waals surface area contributed by atoms with Crippen molar-refractivity contribution in [2.75, 3.05) is 11.1 Å². The molecular formula is C18H20N4O2S. The highest BCUT2D eigenvalue weighted by Crippen LogP contribution is 2.24. The predicted molar refractivity (Wildman–Crippen MR) is 97.7 cm³/mol. The average Bonchev–Trinajstić information content (AvgIpc) is 3.26. The second kappa shape index (κ2) is 8.02. The van der Waals surface area contributed by atoms with E-state index in [2.05, 4.69) is 29.4 Å². The number of benzene rings is 1. The minimum Gasteiger partial charge on any atom is -0.467 e. The number of furan rings is 1. The second-order valence-corrected chi connectivity index (χ2v) is 6.84. The zero-order valence-electron chi connectivity index (χ0n) is 14.2. The Kier molecular flexibility index (Phi) is 5.55. The quantitative estimate of drug-likeness (QED) is 0.652. The summed E-state index contributed by atoms with van der Waals surface area (Å²) in [6.07, 6.45) is 3.27. The number of carbonyl (C=O) groups is 1. The van der Waals surface area contributed by atoms with Crippen LogP contribution < -0.4 is 5.32 Å². The van der Waals surface area contributed by atoms with Crippen molar-refractivity contribution >= 4 is 23.4 Å². The van der Waals surface area contributed by atoms with Crippen LogP contribution in [0.3, 0.4) is 0 Å². The molecule has 2 aromatic heterocycles. The van der Waals surface area contributed by atoms with Crippen molar-refractivity contribution in [1.82, 2.24) is 14.8 Å². The van der Waals surface area contributed by atoms with E-state index in [1.165, 1.54) is 11.8 Å². The number of nitrogens with one attached hydrogen (secondary N) is 1. The smallest absolute Gasteiger partial charge is 0.234 e. The summed E-state index contributed by atoms with van der Waals surface area (Å²) >= 11 is 1.35. The molecule has 130 valence electrons. The maximum atomic E-state index is 12.3. The van der Waals surface area contributed by atoms with E-state index in [0.29, 0.717) is 17.6 Å². The Labute approximate surface area is 150 Å². The van der Waals surface area contributed by atoms with Crippen molar-refractivity contribution < 1.29 is 9.21 Å². The first kappa shape index (κ1) is 17.3. The normalized spacial score (nSPS) is 11.0. The van der Waals surface area contributed by atoms with Crippen LogP contribution in [0.15, 0.2) is 58.6 Å². The fourth-order valence-electron chi connectivity index (χ4n) is 2.47. The molecule has 3 aromatic rings. The molecule has 0 saturated carbocycles. The Morgan fingerprint density at radius 2 is 2.12 bits per heavy atom. The second-order valence-electron chi connectivity index (χ2n) is 5.90. The number of rotatable bonds is 7. The number of anilines is 1. The van der Waals surface area contributed by atoms with Gasteiger partial charge in [0.1, 0.15) is 12.1 Å². The number of para-hydroxylation sites is 1. The number of carbonyl (C=O) groups excluding carboxylic acids is 1. The molecule has 6 nitrogen and oxygen atoms in total. The Bertz CT molecular complexity index is 827. The molecule has 0 bridgehead atoms. The van der Waals surface area contributed by atoms with Crippen LogP contribution >= 0.6 is 11.8 Å². The van der Waals surface area contributed by atoms with Crippen molar-refractivity contribution in [1.29, 1.82) is 0 Å². The van der Waals surface area contributed by atoms with Gasteiger partial charge in [-0.2, -0.15) is 0 Å². The van der Waals surface area contributed by atoms with Crippen molar-refractivity contribution in [3.05, 3.63) is 60.3 Å². The molecule has 0 radical (unpaired) electrons. The maximum absolute atomic E-state index is 12.3. The lowest BCUT2D eigenvalue weighted by molar-refractivity contribution is -0.113. The van der Waals surface area contributed by atoms with Crippen molar-refractivity contribution in [2.45, 2.75) is 31.5 Å². The molecular weight excluding hydrogens is 336 g/mol. The highest BCUT2D eigenvalue weighted by atomic mass is 32.2. The number of aromatic nitrogens is 3. The molecule has 0 unspecified atom stereocenters. The average molecular weight is 356 g/mol. The molecule has 0 spiro atoms. The fraction of sp³-hybridized carbons (Fsp3) is 0.278. The fourth-order valence-corrected chi connectivity index (χ4v) is 3.18. The standard InChI is InChI=1S/C18H20N4O2S/c1-13(2)15-7-3-4-8-16(15)20-17(23)11-25-18-21-19-12-22(18)10-14-6-5-9-24-14/h3-9,12-13H,10-11H2,1-2H3,(H,20,23). The summed E-state index contributed by atoms with van der Waals surface area (Å²) in [7, 11) is 0. The monoisotopic (exact) mass is 356 g/mol. The first-order valence-electron chi connectivity index (χ1n) is 8.05. The SMILES string of the molecule is CC(C)c1ccccc1NC(=O)CSc1nncn1Cc1ccco1. The number of hydrogen-bond donors (Lipinski definition) is 1. The van der Waals surface area contributed by atoms with Gasteiger partial charge in [-0.3, -0.25) is 4.79 Å². The van der Waals surface area contributed by atoms with E-state index < -0.39 is 0 Å². The van der Waals surface area contributed by atoms with Crippen molar-refractivity contribution in [2.24, 2.45) is 0 Å². The van der Waals surface area contributed by atoms with Crippen molar-refractivity contribution in [3.8, 4) is 0 Å². The van der Waals surface area contributed by atoms with Crippen LogP contribution in [0.1, 0.15) is 31.1 Å². The lowest BCUT2D eigenvalue weighted by Gasteiger charge is -2.13. The number of thioether (sulfide) groups is 1. The minimum atomic E-state index is -0.0642. The topological polar surface area (TPSA) is 73.0 Å². The van der Waals surface area contributed by atoms with Gasteiger partial charge in [-0.1, -0.05) is 43.8 Å². The van der Waals surface area contributed by atoms with E-state index in [-0.39, 0.29) is 11.7 Å². The molecule has 0 aliphatic rings. The lowest BCUT2D eigenvalue weighted by atomic mass is 10.0. The van der Waals surface area contributed by atoms with Gasteiger partial charge in [-0.25, -0.2) is 0 Å². The minimum absolute atomic E-state index is 0.0642. The molecule has 3 rings (SSSR count). The largest absolute Gasteiger partial charge is 0.467 e. The van der Waals surface area contributed by atoms with E-state index >= 15 is 0 Å². The zero-order chi connectivity index (χ0) is 17.6. The third-order valence-electron chi connectivity index (χ3n) is 3.68. The molecule has 7 heteroatoms. The van der Waals surface area contributed by atoms with E-state index in [9.17, 15) is 4.79 Å². The Morgan fingerprint density at radius 1 is 1.28 bits per heavy atom. The van der Waals surface area contributed by atoms with E-state index in [1.54, 1.807) is 12.6 Å². The van der Waals surface area contributed by atoms with E-state index in [4.69, 9.17) is 4.42 Å². The van der Waals surface area contributed by atoms with Gasteiger partial charge in [0.2, 0.25) is 5.91 Å². The van der Waals surface area contributed by atoms with Gasteiger partial charge >= 0.3 is 0 Å². The summed E-state index contributed by atoms with van der Waals surface area (Å²) in [4.78, 5) is 12.3. The summed E-state index contributed by atoms with van der Waals surface area (Å²) in [5.41, 5.74) is 1.99. The third kappa shape index (κ3) is 4.51. The molecule has 0 atom stereocenters. The molecule has 2 heterocycles. The van der Waals surface area contributed by atoms with Crippen LogP contribution in [0.25, 0.3) is 0 Å². The number of amides is 1. The Morgan fingerprint density at radius 3 is 2.88 bits per heavy atom. The molecule has 1 amide bonds. The van der Waals surface area contributed by atoms with Crippen LogP contribution in [0.2, 0.25) is 0 Å². The van der Waals surface area contributed by atoms with Gasteiger partial charge in [-0.15, -0.1) is 10.2 Å². The number of hydrogen-bond acceptors (Lipinski definition) is 5. The zero-order valence-corrected chi connectivity index (χ0v) is 15.0. The summed E-state index contributed by atoms with van der Waals surface area (Å²) in [5, 5.41) is 11.7. The molecule has 0 saturated heterocycles.